The second-order valence-corrected chi connectivity index (χ2v) is 5.06. The Bertz CT molecular complexity index is 585. The monoisotopic (exact) mass is 360 g/mol. The molecule has 0 fully saturated rings. The number of aromatic nitrogens is 1. The number of carbonyl (C=O) groups excluding carboxylic acids is 1. The van der Waals surface area contributed by atoms with E-state index in [0.717, 1.165) is 6.20 Å². The number of ether oxygens (including phenoxy) is 1. The van der Waals surface area contributed by atoms with Gasteiger partial charge in [0.2, 0.25) is 5.75 Å². The number of carboxylic acid groups (broad SMARTS) is 1. The fraction of sp³-hybridized carbons (Fsp3) is 0.417. The van der Waals surface area contributed by atoms with E-state index in [2.05, 4.69) is 20.9 Å². The number of hydrogen-bond donors (Lipinski definition) is 1. The molecule has 0 aromatic carbocycles. The van der Waals surface area contributed by atoms with Crippen LogP contribution in [-0.2, 0) is 9.59 Å². The standard InChI is InChI=1S/C12H13BrN2O6/c1-3-12(4-2,10(16)17)11(18)21-9-7(13)5-14-6-8(9)15(19)20/h5-6H,3-4H2,1-2H3,(H,16,17). The fourth-order valence-electron chi connectivity index (χ4n) is 1.76. The van der Waals surface area contributed by atoms with E-state index in [1.165, 1.54) is 20.0 Å². The molecule has 21 heavy (non-hydrogen) atoms. The minimum absolute atomic E-state index is 0.00810. The molecule has 0 saturated heterocycles. The predicted molar refractivity (Wildman–Crippen MR) is 74.9 cm³/mol. The van der Waals surface area contributed by atoms with Crippen molar-refractivity contribution >= 4 is 33.6 Å². The van der Waals surface area contributed by atoms with Gasteiger partial charge < -0.3 is 9.84 Å². The van der Waals surface area contributed by atoms with E-state index in [0.29, 0.717) is 0 Å². The van der Waals surface area contributed by atoms with Crippen LogP contribution in [0, 0.1) is 15.5 Å². The summed E-state index contributed by atoms with van der Waals surface area (Å²) in [5.74, 6) is -2.73. The lowest BCUT2D eigenvalue weighted by atomic mass is 9.82. The number of halogens is 1. The summed E-state index contributed by atoms with van der Waals surface area (Å²) in [7, 11) is 0. The fourth-order valence-corrected chi connectivity index (χ4v) is 2.17. The molecule has 0 saturated carbocycles. The van der Waals surface area contributed by atoms with Crippen molar-refractivity contribution in [3.63, 3.8) is 0 Å². The topological polar surface area (TPSA) is 120 Å². The van der Waals surface area contributed by atoms with Gasteiger partial charge in [-0.1, -0.05) is 13.8 Å². The first kappa shape index (κ1) is 17.0. The molecule has 1 aromatic rings. The van der Waals surface area contributed by atoms with Gasteiger partial charge in [0.25, 0.3) is 0 Å². The molecule has 114 valence electrons. The van der Waals surface area contributed by atoms with Gasteiger partial charge in [-0.25, -0.2) is 0 Å². The van der Waals surface area contributed by atoms with E-state index in [-0.39, 0.29) is 23.1 Å². The molecule has 0 aliphatic rings. The lowest BCUT2D eigenvalue weighted by molar-refractivity contribution is -0.386. The van der Waals surface area contributed by atoms with Gasteiger partial charge in [-0.05, 0) is 28.8 Å². The lowest BCUT2D eigenvalue weighted by Crippen LogP contribution is -2.41. The zero-order chi connectivity index (χ0) is 16.2. The van der Waals surface area contributed by atoms with Gasteiger partial charge in [0.1, 0.15) is 6.20 Å². The van der Waals surface area contributed by atoms with Crippen molar-refractivity contribution in [2.45, 2.75) is 26.7 Å². The van der Waals surface area contributed by atoms with Crippen molar-refractivity contribution in [2.75, 3.05) is 0 Å². The van der Waals surface area contributed by atoms with Crippen molar-refractivity contribution in [3.05, 3.63) is 27.0 Å². The molecule has 0 atom stereocenters. The number of rotatable bonds is 6. The SMILES string of the molecule is CCC(CC)(C(=O)O)C(=O)Oc1c(Br)cncc1[N+](=O)[O-]. The minimum atomic E-state index is -1.74. The summed E-state index contributed by atoms with van der Waals surface area (Å²) in [5.41, 5.74) is -2.26. The van der Waals surface area contributed by atoms with Gasteiger partial charge in [0, 0.05) is 6.20 Å². The maximum atomic E-state index is 12.2. The van der Waals surface area contributed by atoms with Crippen LogP contribution in [0.4, 0.5) is 5.69 Å². The summed E-state index contributed by atoms with van der Waals surface area (Å²) in [5, 5.41) is 20.2. The Kier molecular flexibility index (Phi) is 5.36. The van der Waals surface area contributed by atoms with Crippen molar-refractivity contribution < 1.29 is 24.4 Å². The third kappa shape index (κ3) is 3.18. The van der Waals surface area contributed by atoms with Gasteiger partial charge >= 0.3 is 17.6 Å². The molecule has 0 bridgehead atoms. The first-order valence-corrected chi connectivity index (χ1v) is 6.83. The zero-order valence-corrected chi connectivity index (χ0v) is 12.9. The number of esters is 1. The molecule has 0 aliphatic heterocycles. The van der Waals surface area contributed by atoms with Crippen LogP contribution in [0.3, 0.4) is 0 Å². The van der Waals surface area contributed by atoms with Gasteiger partial charge in [-0.3, -0.25) is 24.7 Å². The highest BCUT2D eigenvalue weighted by Crippen LogP contribution is 2.37. The van der Waals surface area contributed by atoms with Crippen molar-refractivity contribution in [1.82, 2.24) is 4.98 Å². The third-order valence-corrected chi connectivity index (χ3v) is 3.80. The van der Waals surface area contributed by atoms with E-state index in [1.54, 1.807) is 0 Å². The van der Waals surface area contributed by atoms with Crippen LogP contribution in [0.15, 0.2) is 16.9 Å². The van der Waals surface area contributed by atoms with E-state index in [9.17, 15) is 24.8 Å². The average Bonchev–Trinajstić information content (AvgIpc) is 2.42. The Morgan fingerprint density at radius 3 is 2.43 bits per heavy atom. The summed E-state index contributed by atoms with van der Waals surface area (Å²) in [4.78, 5) is 37.3. The van der Waals surface area contributed by atoms with Crippen LogP contribution in [0.2, 0.25) is 0 Å². The quantitative estimate of drug-likeness (QED) is 0.358. The van der Waals surface area contributed by atoms with Crippen LogP contribution < -0.4 is 4.74 Å². The predicted octanol–water partition coefficient (Wildman–Crippen LogP) is 2.55. The molecule has 0 aliphatic carbocycles. The highest BCUT2D eigenvalue weighted by Gasteiger charge is 2.45. The second kappa shape index (κ2) is 6.61. The van der Waals surface area contributed by atoms with Crippen molar-refractivity contribution in [1.29, 1.82) is 0 Å². The van der Waals surface area contributed by atoms with E-state index >= 15 is 0 Å². The molecular formula is C12H13BrN2O6. The average molecular weight is 361 g/mol. The summed E-state index contributed by atoms with van der Waals surface area (Å²) >= 11 is 3.00. The maximum absolute atomic E-state index is 12.2. The number of nitro groups is 1. The normalized spacial score (nSPS) is 11.0. The van der Waals surface area contributed by atoms with Crippen molar-refractivity contribution in [3.8, 4) is 5.75 Å². The number of carbonyl (C=O) groups is 2. The highest BCUT2D eigenvalue weighted by molar-refractivity contribution is 9.10. The first-order chi connectivity index (χ1) is 9.80. The molecule has 1 rings (SSSR count). The Labute approximate surface area is 128 Å². The van der Waals surface area contributed by atoms with Crippen LogP contribution in [0.1, 0.15) is 26.7 Å². The second-order valence-electron chi connectivity index (χ2n) is 4.21. The third-order valence-electron chi connectivity index (χ3n) is 3.23. The van der Waals surface area contributed by atoms with E-state index in [4.69, 9.17) is 4.74 Å². The molecule has 0 spiro atoms. The number of nitrogens with zero attached hydrogens (tertiary/aromatic N) is 2. The Hall–Kier alpha value is -2.03. The molecular weight excluding hydrogens is 348 g/mol. The number of pyridine rings is 1. The molecule has 0 amide bonds. The molecule has 1 heterocycles. The molecule has 0 unspecified atom stereocenters. The zero-order valence-electron chi connectivity index (χ0n) is 11.3. The number of hydrogen-bond acceptors (Lipinski definition) is 6. The molecule has 9 heteroatoms. The molecule has 1 N–H and O–H groups in total. The smallest absolute Gasteiger partial charge is 0.330 e. The maximum Gasteiger partial charge on any atom is 0.330 e. The molecule has 0 radical (unpaired) electrons. The van der Waals surface area contributed by atoms with Crippen LogP contribution in [-0.4, -0.2) is 27.0 Å². The highest BCUT2D eigenvalue weighted by atomic mass is 79.9. The summed E-state index contributed by atoms with van der Waals surface area (Å²) in [6, 6.07) is 0. The molecule has 1 aromatic heterocycles. The van der Waals surface area contributed by atoms with Crippen LogP contribution >= 0.6 is 15.9 Å². The van der Waals surface area contributed by atoms with Gasteiger partial charge in [-0.15, -0.1) is 0 Å². The Morgan fingerprint density at radius 2 is 2.00 bits per heavy atom. The summed E-state index contributed by atoms with van der Waals surface area (Å²) in [6.07, 6.45) is 2.16. The summed E-state index contributed by atoms with van der Waals surface area (Å²) < 4.78 is 5.09. The van der Waals surface area contributed by atoms with Crippen LogP contribution in [0.25, 0.3) is 0 Å². The largest absolute Gasteiger partial charge is 0.480 e. The Balaban J connectivity index is 3.25. The number of carboxylic acids is 1. The van der Waals surface area contributed by atoms with Gasteiger partial charge in [0.05, 0.1) is 9.40 Å². The molecule has 8 nitrogen and oxygen atoms in total. The lowest BCUT2D eigenvalue weighted by Gasteiger charge is -2.24. The van der Waals surface area contributed by atoms with Crippen molar-refractivity contribution in [2.24, 2.45) is 5.41 Å². The van der Waals surface area contributed by atoms with Gasteiger partial charge in [-0.2, -0.15) is 0 Å². The van der Waals surface area contributed by atoms with Gasteiger partial charge in [0.15, 0.2) is 5.41 Å². The van der Waals surface area contributed by atoms with E-state index < -0.39 is 28.0 Å². The van der Waals surface area contributed by atoms with Crippen LogP contribution in [0.5, 0.6) is 5.75 Å². The minimum Gasteiger partial charge on any atom is -0.480 e. The summed E-state index contributed by atoms with van der Waals surface area (Å²) in [6.45, 7) is 3.07. The van der Waals surface area contributed by atoms with E-state index in [1.807, 2.05) is 0 Å². The number of aliphatic carboxylic acids is 1. The Morgan fingerprint density at radius 1 is 1.43 bits per heavy atom. The first-order valence-electron chi connectivity index (χ1n) is 6.03.